The largest absolute Gasteiger partial charge is 0.363 e. The first-order chi connectivity index (χ1) is 12.0. The van der Waals surface area contributed by atoms with Crippen molar-refractivity contribution in [2.75, 3.05) is 44.7 Å². The second kappa shape index (κ2) is 9.36. The Morgan fingerprint density at radius 3 is 2.56 bits per heavy atom. The van der Waals surface area contributed by atoms with Gasteiger partial charge >= 0.3 is 0 Å². The third kappa shape index (κ3) is 5.42. The monoisotopic (exact) mass is 348 g/mol. The van der Waals surface area contributed by atoms with E-state index in [0.29, 0.717) is 17.8 Å². The number of nitrogens with zero attached hydrogens (tertiary/aromatic N) is 3. The molecule has 0 atom stereocenters. The summed E-state index contributed by atoms with van der Waals surface area (Å²) in [5.41, 5.74) is 0.945. The molecular formula is C18H28N4O3. The van der Waals surface area contributed by atoms with E-state index in [0.717, 1.165) is 51.9 Å². The number of hydrogen-bond donors (Lipinski definition) is 1. The summed E-state index contributed by atoms with van der Waals surface area (Å²) in [6.45, 7) is 5.99. The van der Waals surface area contributed by atoms with Gasteiger partial charge in [0.05, 0.1) is 4.92 Å². The number of amides is 1. The molecule has 0 aromatic heterocycles. The van der Waals surface area contributed by atoms with Crippen LogP contribution in [0.3, 0.4) is 0 Å². The van der Waals surface area contributed by atoms with Gasteiger partial charge in [-0.3, -0.25) is 14.9 Å². The molecule has 0 bridgehead atoms. The maximum Gasteiger partial charge on any atom is 0.293 e. The van der Waals surface area contributed by atoms with Crippen LogP contribution in [0.2, 0.25) is 0 Å². The first-order valence-electron chi connectivity index (χ1n) is 9.03. The molecule has 0 radical (unpaired) electrons. The van der Waals surface area contributed by atoms with Crippen LogP contribution in [0.5, 0.6) is 0 Å². The summed E-state index contributed by atoms with van der Waals surface area (Å²) in [6, 6.07) is 4.78. The molecule has 2 rings (SSSR count). The number of unbranched alkanes of at least 4 members (excludes halogenated alkanes) is 3. The molecule has 1 heterocycles. The van der Waals surface area contributed by atoms with Crippen molar-refractivity contribution in [3.8, 4) is 0 Å². The molecule has 138 valence electrons. The zero-order valence-corrected chi connectivity index (χ0v) is 15.2. The number of carbonyl (C=O) groups excluding carboxylic acids is 1. The van der Waals surface area contributed by atoms with Gasteiger partial charge < -0.3 is 15.1 Å². The molecule has 7 nitrogen and oxygen atoms in total. The Balaban J connectivity index is 2.05. The Kier molecular flexibility index (Phi) is 7.18. The van der Waals surface area contributed by atoms with Crippen molar-refractivity contribution >= 4 is 17.3 Å². The van der Waals surface area contributed by atoms with Crippen LogP contribution in [-0.2, 0) is 0 Å². The van der Waals surface area contributed by atoms with Crippen LogP contribution in [0.25, 0.3) is 0 Å². The van der Waals surface area contributed by atoms with Crippen molar-refractivity contribution in [2.24, 2.45) is 0 Å². The number of nitro groups is 1. The van der Waals surface area contributed by atoms with E-state index in [2.05, 4.69) is 17.1 Å². The Hall–Kier alpha value is -2.15. The maximum absolute atomic E-state index is 12.2. The SMILES string of the molecule is CCCCCCNC(=O)c1ccc(N2CCN(C)CC2)c([N+](=O)[O-])c1. The molecule has 0 unspecified atom stereocenters. The zero-order chi connectivity index (χ0) is 18.2. The quantitative estimate of drug-likeness (QED) is 0.444. The van der Waals surface area contributed by atoms with Crippen LogP contribution < -0.4 is 10.2 Å². The number of piperazine rings is 1. The Morgan fingerprint density at radius 1 is 1.20 bits per heavy atom. The third-order valence-electron chi connectivity index (χ3n) is 4.59. The lowest BCUT2D eigenvalue weighted by Crippen LogP contribution is -2.44. The topological polar surface area (TPSA) is 78.7 Å². The van der Waals surface area contributed by atoms with Gasteiger partial charge in [0.25, 0.3) is 11.6 Å². The highest BCUT2D eigenvalue weighted by molar-refractivity contribution is 5.95. The summed E-state index contributed by atoms with van der Waals surface area (Å²) in [5, 5.41) is 14.3. The molecule has 0 saturated carbocycles. The molecule has 1 amide bonds. The predicted molar refractivity (Wildman–Crippen MR) is 99.3 cm³/mol. The summed E-state index contributed by atoms with van der Waals surface area (Å²) in [5.74, 6) is -0.246. The number of anilines is 1. The Morgan fingerprint density at radius 2 is 1.92 bits per heavy atom. The molecular weight excluding hydrogens is 320 g/mol. The first kappa shape index (κ1) is 19.2. The van der Waals surface area contributed by atoms with Gasteiger partial charge in [-0.25, -0.2) is 0 Å². The predicted octanol–water partition coefficient (Wildman–Crippen LogP) is 2.66. The van der Waals surface area contributed by atoms with Crippen molar-refractivity contribution in [1.82, 2.24) is 10.2 Å². The molecule has 0 aliphatic carbocycles. The van der Waals surface area contributed by atoms with Crippen molar-refractivity contribution < 1.29 is 9.72 Å². The molecule has 1 saturated heterocycles. The second-order valence-corrected chi connectivity index (χ2v) is 6.57. The van der Waals surface area contributed by atoms with Crippen molar-refractivity contribution in [3.63, 3.8) is 0 Å². The molecule has 1 aliphatic heterocycles. The lowest BCUT2D eigenvalue weighted by atomic mass is 10.1. The maximum atomic E-state index is 12.2. The number of nitro benzene ring substituents is 1. The number of carbonyl (C=O) groups is 1. The highest BCUT2D eigenvalue weighted by Crippen LogP contribution is 2.30. The molecule has 7 heteroatoms. The molecule has 1 aromatic carbocycles. The minimum atomic E-state index is -0.397. The summed E-state index contributed by atoms with van der Waals surface area (Å²) in [7, 11) is 2.04. The summed E-state index contributed by atoms with van der Waals surface area (Å²) >= 11 is 0. The van der Waals surface area contributed by atoms with E-state index in [-0.39, 0.29) is 11.6 Å². The van der Waals surface area contributed by atoms with Crippen LogP contribution in [-0.4, -0.2) is 55.5 Å². The van der Waals surface area contributed by atoms with Crippen LogP contribution in [0.4, 0.5) is 11.4 Å². The van der Waals surface area contributed by atoms with Crippen molar-refractivity contribution in [2.45, 2.75) is 32.6 Å². The van der Waals surface area contributed by atoms with Gasteiger partial charge in [0.1, 0.15) is 5.69 Å². The van der Waals surface area contributed by atoms with Gasteiger partial charge in [-0.15, -0.1) is 0 Å². The standard InChI is InChI=1S/C18H28N4O3/c1-3-4-5-6-9-19-18(23)15-7-8-16(17(14-15)22(24)25)21-12-10-20(2)11-13-21/h7-8,14H,3-6,9-13H2,1-2H3,(H,19,23). The van der Waals surface area contributed by atoms with E-state index >= 15 is 0 Å². The number of benzene rings is 1. The second-order valence-electron chi connectivity index (χ2n) is 6.57. The molecule has 25 heavy (non-hydrogen) atoms. The van der Waals surface area contributed by atoms with Crippen LogP contribution in [0.15, 0.2) is 18.2 Å². The lowest BCUT2D eigenvalue weighted by molar-refractivity contribution is -0.384. The van der Waals surface area contributed by atoms with Crippen LogP contribution in [0.1, 0.15) is 43.0 Å². The Labute approximate surface area is 149 Å². The fraction of sp³-hybridized carbons (Fsp3) is 0.611. The minimum absolute atomic E-state index is 0.00295. The van der Waals surface area contributed by atoms with Gasteiger partial charge in [0.2, 0.25) is 0 Å². The molecule has 0 spiro atoms. The molecule has 1 aliphatic rings. The first-order valence-corrected chi connectivity index (χ1v) is 9.03. The average Bonchev–Trinajstić information content (AvgIpc) is 2.61. The van der Waals surface area contributed by atoms with Crippen molar-refractivity contribution in [1.29, 1.82) is 0 Å². The number of likely N-dealkylation sites (N-methyl/N-ethyl adjacent to an activating group) is 1. The fourth-order valence-electron chi connectivity index (χ4n) is 2.98. The number of hydrogen-bond acceptors (Lipinski definition) is 5. The molecule has 1 aromatic rings. The van der Waals surface area contributed by atoms with Gasteiger partial charge in [0, 0.05) is 44.4 Å². The van der Waals surface area contributed by atoms with Gasteiger partial charge in [-0.05, 0) is 25.6 Å². The smallest absolute Gasteiger partial charge is 0.293 e. The molecule has 1 N–H and O–H groups in total. The minimum Gasteiger partial charge on any atom is -0.363 e. The summed E-state index contributed by atoms with van der Waals surface area (Å²) < 4.78 is 0. The number of nitrogens with one attached hydrogen (secondary N) is 1. The van der Waals surface area contributed by atoms with E-state index < -0.39 is 4.92 Å². The zero-order valence-electron chi connectivity index (χ0n) is 15.2. The fourth-order valence-corrected chi connectivity index (χ4v) is 2.98. The van der Waals surface area contributed by atoms with Crippen LogP contribution >= 0.6 is 0 Å². The van der Waals surface area contributed by atoms with E-state index in [1.807, 2.05) is 11.9 Å². The lowest BCUT2D eigenvalue weighted by Gasteiger charge is -2.33. The number of rotatable bonds is 8. The summed E-state index contributed by atoms with van der Waals surface area (Å²) in [6.07, 6.45) is 4.31. The van der Waals surface area contributed by atoms with Gasteiger partial charge in [-0.1, -0.05) is 26.2 Å². The van der Waals surface area contributed by atoms with E-state index in [1.165, 1.54) is 6.07 Å². The third-order valence-corrected chi connectivity index (χ3v) is 4.59. The van der Waals surface area contributed by atoms with E-state index in [9.17, 15) is 14.9 Å². The average molecular weight is 348 g/mol. The van der Waals surface area contributed by atoms with Crippen LogP contribution in [0, 0.1) is 10.1 Å². The van der Waals surface area contributed by atoms with E-state index in [4.69, 9.17) is 0 Å². The highest BCUT2D eigenvalue weighted by Gasteiger charge is 2.24. The van der Waals surface area contributed by atoms with Gasteiger partial charge in [0.15, 0.2) is 0 Å². The summed E-state index contributed by atoms with van der Waals surface area (Å²) in [4.78, 5) is 27.5. The molecule has 1 fully saturated rings. The highest BCUT2D eigenvalue weighted by atomic mass is 16.6. The Bertz CT molecular complexity index is 598. The van der Waals surface area contributed by atoms with E-state index in [1.54, 1.807) is 12.1 Å². The normalized spacial score (nSPS) is 15.2. The van der Waals surface area contributed by atoms with Crippen molar-refractivity contribution in [3.05, 3.63) is 33.9 Å². The van der Waals surface area contributed by atoms with Gasteiger partial charge in [-0.2, -0.15) is 0 Å².